The van der Waals surface area contributed by atoms with Crippen molar-refractivity contribution >= 4 is 63.3 Å². The van der Waals surface area contributed by atoms with Gasteiger partial charge in [-0.3, -0.25) is 14.5 Å². The number of amides is 2. The zero-order valence-electron chi connectivity index (χ0n) is 45.4. The number of nitrogens with zero attached hydrogens (tertiary/aromatic N) is 3. The number of halogens is 1. The number of thioether (sulfide) groups is 1. The van der Waals surface area contributed by atoms with Gasteiger partial charge in [-0.15, -0.1) is 11.8 Å². The van der Waals surface area contributed by atoms with Crippen LogP contribution in [0, 0.1) is 0 Å². The van der Waals surface area contributed by atoms with E-state index < -0.39 is 47.1 Å². The molecule has 0 bridgehead atoms. The van der Waals surface area contributed by atoms with Crippen molar-refractivity contribution in [3.05, 3.63) is 344 Å². The Balaban J connectivity index is 0.945. The fourth-order valence-corrected chi connectivity index (χ4v) is 13.5. The molecule has 2 N–H and O–H groups in total. The minimum absolute atomic E-state index is 0.0248. The first kappa shape index (κ1) is 55.2. The van der Waals surface area contributed by atoms with E-state index in [1.807, 2.05) is 237 Å². The van der Waals surface area contributed by atoms with Crippen molar-refractivity contribution in [3.63, 3.8) is 0 Å². The number of hydrogen-bond acceptors (Lipinski definition) is 10. The van der Waals surface area contributed by atoms with E-state index in [2.05, 4.69) is 47.0 Å². The number of fused-ring (bicyclic) bond motifs is 1. The normalized spacial score (nSPS) is 15.2. The number of rotatable bonds is 20. The number of aromatic nitrogens is 1. The number of oxime groups is 1. The first-order chi connectivity index (χ1) is 41.3. The Morgan fingerprint density at radius 3 is 1.48 bits per heavy atom. The SMILES string of the molecule is O=C(N[C@@H]1C(=O)N2C(C(=O)OC(c3ccccc3)c3ccccc3)=C(SCc3ccccc3)CC[C@H]12)C(=NOC(c1ccccc1)(c1ccccc1)c1ccccc1)c1nc(NC(c2ccccc2)(c2ccccc2)c2ccccc2)sc1Cl. The molecule has 2 aliphatic heterocycles. The second-order valence-electron chi connectivity index (χ2n) is 20.3. The van der Waals surface area contributed by atoms with Gasteiger partial charge in [0.25, 0.3) is 11.8 Å². The molecule has 2 amide bonds. The molecule has 1 fully saturated rings. The van der Waals surface area contributed by atoms with Crippen molar-refractivity contribution in [3.8, 4) is 0 Å². The first-order valence-corrected chi connectivity index (χ1v) is 29.9. The van der Waals surface area contributed by atoms with Crippen molar-refractivity contribution < 1.29 is 24.0 Å². The smallest absolute Gasteiger partial charge is 0.356 e. The highest BCUT2D eigenvalue weighted by molar-refractivity contribution is 8.02. The average molecular weight is 1160 g/mol. The second-order valence-corrected chi connectivity index (χ2v) is 23.0. The Bertz CT molecular complexity index is 3710. The van der Waals surface area contributed by atoms with Crippen LogP contribution in [0.5, 0.6) is 0 Å². The lowest BCUT2D eigenvalue weighted by Crippen LogP contribution is -2.72. The highest BCUT2D eigenvalue weighted by Crippen LogP contribution is 2.46. The van der Waals surface area contributed by atoms with E-state index in [9.17, 15) is 0 Å². The Morgan fingerprint density at radius 1 is 0.607 bits per heavy atom. The molecule has 9 aromatic carbocycles. The quantitative estimate of drug-likeness (QED) is 0.0254. The van der Waals surface area contributed by atoms with Gasteiger partial charge in [0.1, 0.15) is 27.3 Å². The number of benzene rings is 9. The lowest BCUT2D eigenvalue weighted by molar-refractivity contribution is -0.158. The number of carbonyl (C=O) groups is 3. The van der Waals surface area contributed by atoms with E-state index in [4.69, 9.17) is 31.3 Å². The van der Waals surface area contributed by atoms with Gasteiger partial charge in [0.15, 0.2) is 16.9 Å². The topological polar surface area (TPSA) is 122 Å². The number of carbonyl (C=O) groups excluding carboxylic acids is 3. The van der Waals surface area contributed by atoms with Crippen LogP contribution in [-0.4, -0.2) is 45.5 Å². The molecule has 0 radical (unpaired) electrons. The van der Waals surface area contributed by atoms with Crippen LogP contribution in [0.15, 0.2) is 289 Å². The summed E-state index contributed by atoms with van der Waals surface area (Å²) in [7, 11) is 0. The van der Waals surface area contributed by atoms with Gasteiger partial charge < -0.3 is 20.2 Å². The van der Waals surface area contributed by atoms with Crippen molar-refractivity contribution in [2.75, 3.05) is 5.32 Å². The van der Waals surface area contributed by atoms with Crippen LogP contribution in [0.4, 0.5) is 5.13 Å². The molecule has 414 valence electrons. The third-order valence-corrected chi connectivity index (χ3v) is 17.7. The van der Waals surface area contributed by atoms with E-state index >= 15 is 14.4 Å². The number of β-lactam (4-membered cyclic amide) rings is 1. The summed E-state index contributed by atoms with van der Waals surface area (Å²) >= 11 is 10.1. The summed E-state index contributed by atoms with van der Waals surface area (Å²) in [4.78, 5) is 60.3. The maximum absolute atomic E-state index is 15.7. The van der Waals surface area contributed by atoms with E-state index in [0.29, 0.717) is 23.7 Å². The largest absolute Gasteiger partial charge is 0.448 e. The first-order valence-electron chi connectivity index (χ1n) is 27.7. The molecule has 0 saturated carbocycles. The lowest BCUT2D eigenvalue weighted by Gasteiger charge is -2.50. The zero-order valence-corrected chi connectivity index (χ0v) is 47.8. The minimum atomic E-state index is -1.42. The number of allylic oxidation sites excluding steroid dienone is 1. The Kier molecular flexibility index (Phi) is 16.5. The van der Waals surface area contributed by atoms with Crippen molar-refractivity contribution in [2.45, 2.75) is 47.9 Å². The number of hydrogen-bond donors (Lipinski definition) is 2. The molecular formula is C71H56ClN5O5S2. The van der Waals surface area contributed by atoms with Crippen LogP contribution >= 0.6 is 34.7 Å². The van der Waals surface area contributed by atoms with Gasteiger partial charge in [-0.05, 0) is 46.2 Å². The number of anilines is 1. The average Bonchev–Trinajstić information content (AvgIpc) is 3.22. The monoisotopic (exact) mass is 1160 g/mol. The van der Waals surface area contributed by atoms with Crippen LogP contribution < -0.4 is 10.6 Å². The maximum atomic E-state index is 15.7. The minimum Gasteiger partial charge on any atom is -0.448 e. The van der Waals surface area contributed by atoms with Crippen molar-refractivity contribution in [1.29, 1.82) is 0 Å². The van der Waals surface area contributed by atoms with Gasteiger partial charge in [0, 0.05) is 27.3 Å². The molecule has 0 unspecified atom stereocenters. The van der Waals surface area contributed by atoms with Gasteiger partial charge in [-0.1, -0.05) is 301 Å². The molecule has 84 heavy (non-hydrogen) atoms. The van der Waals surface area contributed by atoms with Crippen LogP contribution in [0.25, 0.3) is 0 Å². The summed E-state index contributed by atoms with van der Waals surface area (Å²) in [5.41, 5.74) is 5.09. The standard InChI is InChI=1S/C71H56ClN5O5S2/c72-65-61(74-69(84-65)75-70(52-34-16-4-17-35-52,53-36-18-5-19-37-53)54-38-20-6-21-39-54)62(76-82-71(55-40-22-7-23-41-55,56-42-24-8-25-43-56)57-44-26-9-27-45-57)66(78)73-60-58-46-47-59(83-48-49-28-10-1-11-29-49)63(77(58)67(60)79)68(80)81-64(50-30-12-2-13-31-50)51-32-14-3-15-33-51/h1-45,58,60,64H,46-48H2,(H,73,78)(H,74,75)/t58-,60+/m1/s1. The van der Waals surface area contributed by atoms with Gasteiger partial charge in [0.05, 0.1) is 6.04 Å². The molecule has 0 aliphatic carbocycles. The summed E-state index contributed by atoms with van der Waals surface area (Å²) in [6.07, 6.45) is 0.120. The summed E-state index contributed by atoms with van der Waals surface area (Å²) < 4.78 is 6.65. The Labute approximate surface area is 501 Å². The van der Waals surface area contributed by atoms with Crippen LogP contribution in [0.2, 0.25) is 4.34 Å². The molecule has 12 rings (SSSR count). The van der Waals surface area contributed by atoms with Gasteiger partial charge in [-0.25, -0.2) is 9.78 Å². The van der Waals surface area contributed by atoms with Crippen LogP contribution in [-0.2, 0) is 40.9 Å². The molecule has 2 atom stereocenters. The number of ether oxygens (including phenoxy) is 1. The highest BCUT2D eigenvalue weighted by atomic mass is 35.5. The van der Waals surface area contributed by atoms with Gasteiger partial charge in [0.2, 0.25) is 5.60 Å². The van der Waals surface area contributed by atoms with Crippen LogP contribution in [0.3, 0.4) is 0 Å². The molecule has 2 aliphatic rings. The fraction of sp³-hybridized carbons (Fsp3) is 0.113. The van der Waals surface area contributed by atoms with Crippen LogP contribution in [0.1, 0.15) is 74.7 Å². The summed E-state index contributed by atoms with van der Waals surface area (Å²) in [5.74, 6) is -1.33. The molecule has 1 saturated heterocycles. The number of nitrogens with one attached hydrogen (secondary N) is 2. The predicted octanol–water partition coefficient (Wildman–Crippen LogP) is 14.9. The fourth-order valence-electron chi connectivity index (χ4n) is 11.3. The van der Waals surface area contributed by atoms with E-state index in [0.717, 1.165) is 66.3 Å². The number of thiazole rings is 1. The highest BCUT2D eigenvalue weighted by Gasteiger charge is 2.55. The van der Waals surface area contributed by atoms with Gasteiger partial charge >= 0.3 is 5.97 Å². The summed E-state index contributed by atoms with van der Waals surface area (Å²) in [6.45, 7) is 0. The van der Waals surface area contributed by atoms with Crippen molar-refractivity contribution in [2.24, 2.45) is 5.16 Å². The second kappa shape index (κ2) is 25.0. The molecule has 10 aromatic rings. The molecule has 10 nitrogen and oxygen atoms in total. The van der Waals surface area contributed by atoms with E-state index in [1.165, 1.54) is 16.7 Å². The van der Waals surface area contributed by atoms with Crippen molar-refractivity contribution in [1.82, 2.24) is 15.2 Å². The summed E-state index contributed by atoms with van der Waals surface area (Å²) in [6, 6.07) is 86.7. The maximum Gasteiger partial charge on any atom is 0.356 e. The predicted molar refractivity (Wildman–Crippen MR) is 334 cm³/mol. The zero-order chi connectivity index (χ0) is 57.3. The van der Waals surface area contributed by atoms with E-state index in [-0.39, 0.29) is 21.4 Å². The summed E-state index contributed by atoms with van der Waals surface area (Å²) in [5, 5.41) is 12.2. The lowest BCUT2D eigenvalue weighted by atomic mass is 9.77. The third-order valence-electron chi connectivity index (χ3n) is 15.3. The Hall–Kier alpha value is -9.33. The molecule has 0 spiro atoms. The third kappa shape index (κ3) is 11.1. The molecule has 3 heterocycles. The molecule has 1 aromatic heterocycles. The van der Waals surface area contributed by atoms with E-state index in [1.54, 1.807) is 0 Å². The van der Waals surface area contributed by atoms with Gasteiger partial charge in [-0.2, -0.15) is 0 Å². The molecular weight excluding hydrogens is 1100 g/mol. The Morgan fingerprint density at radius 2 is 1.02 bits per heavy atom. The molecule has 13 heteroatoms. The number of esters is 1.